The van der Waals surface area contributed by atoms with Gasteiger partial charge in [0.15, 0.2) is 0 Å². The summed E-state index contributed by atoms with van der Waals surface area (Å²) >= 11 is 0. The molecule has 0 unspecified atom stereocenters. The first-order valence-corrected chi connectivity index (χ1v) is 7.76. The standard InChI is InChI=1S/C16H27N5/c1-13(2)9-20-11-15(7-18-20)5-17-6-16-8-19-21(12-16)10-14(3)4/h7-8,11-14,17H,5-6,9-10H2,1-4H3. The van der Waals surface area contributed by atoms with E-state index in [4.69, 9.17) is 0 Å². The Morgan fingerprint density at radius 2 is 1.29 bits per heavy atom. The van der Waals surface area contributed by atoms with E-state index in [1.807, 2.05) is 21.8 Å². The number of rotatable bonds is 8. The minimum absolute atomic E-state index is 0.623. The SMILES string of the molecule is CC(C)Cn1cc(CNCc2cnn(CC(C)C)c2)cn1. The van der Waals surface area contributed by atoms with Gasteiger partial charge in [-0.25, -0.2) is 0 Å². The Balaban J connectivity index is 1.76. The molecule has 0 radical (unpaired) electrons. The molecule has 2 heterocycles. The van der Waals surface area contributed by atoms with Gasteiger partial charge in [-0.05, 0) is 11.8 Å². The smallest absolute Gasteiger partial charge is 0.0534 e. The van der Waals surface area contributed by atoms with Gasteiger partial charge < -0.3 is 5.32 Å². The van der Waals surface area contributed by atoms with Crippen molar-refractivity contribution in [3.8, 4) is 0 Å². The maximum Gasteiger partial charge on any atom is 0.0534 e. The van der Waals surface area contributed by atoms with Crippen LogP contribution in [0.2, 0.25) is 0 Å². The molecular weight excluding hydrogens is 262 g/mol. The Hall–Kier alpha value is -1.62. The number of hydrogen-bond acceptors (Lipinski definition) is 3. The minimum Gasteiger partial charge on any atom is -0.308 e. The molecule has 0 amide bonds. The van der Waals surface area contributed by atoms with E-state index >= 15 is 0 Å². The van der Waals surface area contributed by atoms with Gasteiger partial charge in [-0.3, -0.25) is 9.36 Å². The van der Waals surface area contributed by atoms with Crippen molar-refractivity contribution in [1.29, 1.82) is 0 Å². The quantitative estimate of drug-likeness (QED) is 0.813. The first-order chi connectivity index (χ1) is 10.0. The molecule has 0 aliphatic rings. The number of nitrogens with zero attached hydrogens (tertiary/aromatic N) is 4. The summed E-state index contributed by atoms with van der Waals surface area (Å²) < 4.78 is 4.03. The van der Waals surface area contributed by atoms with E-state index < -0.39 is 0 Å². The van der Waals surface area contributed by atoms with Gasteiger partial charge in [0.2, 0.25) is 0 Å². The van der Waals surface area contributed by atoms with Crippen molar-refractivity contribution in [1.82, 2.24) is 24.9 Å². The van der Waals surface area contributed by atoms with E-state index in [0.717, 1.165) is 26.2 Å². The van der Waals surface area contributed by atoms with Crippen molar-refractivity contribution in [2.24, 2.45) is 11.8 Å². The first-order valence-electron chi connectivity index (χ1n) is 7.76. The average Bonchev–Trinajstić information content (AvgIpc) is 2.98. The lowest BCUT2D eigenvalue weighted by Crippen LogP contribution is -2.12. The van der Waals surface area contributed by atoms with Crippen LogP contribution in [-0.2, 0) is 26.2 Å². The molecule has 0 aliphatic heterocycles. The van der Waals surface area contributed by atoms with Gasteiger partial charge in [0.1, 0.15) is 0 Å². The maximum absolute atomic E-state index is 4.38. The third-order valence-electron chi connectivity index (χ3n) is 3.14. The van der Waals surface area contributed by atoms with Crippen LogP contribution in [0.1, 0.15) is 38.8 Å². The largest absolute Gasteiger partial charge is 0.308 e. The maximum atomic E-state index is 4.38. The molecule has 0 saturated carbocycles. The molecule has 0 aliphatic carbocycles. The normalized spacial score (nSPS) is 11.7. The van der Waals surface area contributed by atoms with Gasteiger partial charge in [0.25, 0.3) is 0 Å². The third kappa shape index (κ3) is 5.34. The summed E-state index contributed by atoms with van der Waals surface area (Å²) in [4.78, 5) is 0. The molecule has 1 N–H and O–H groups in total. The lowest BCUT2D eigenvalue weighted by atomic mass is 10.2. The lowest BCUT2D eigenvalue weighted by molar-refractivity contribution is 0.482. The van der Waals surface area contributed by atoms with E-state index in [1.54, 1.807) is 0 Å². The second kappa shape index (κ2) is 7.41. The second-order valence-corrected chi connectivity index (χ2v) is 6.53. The van der Waals surface area contributed by atoms with Crippen molar-refractivity contribution >= 4 is 0 Å². The molecule has 0 bridgehead atoms. The van der Waals surface area contributed by atoms with Crippen LogP contribution in [0.5, 0.6) is 0 Å². The summed E-state index contributed by atoms with van der Waals surface area (Å²) in [5, 5.41) is 12.2. The predicted molar refractivity (Wildman–Crippen MR) is 84.7 cm³/mol. The Kier molecular flexibility index (Phi) is 5.56. The molecule has 2 aromatic heterocycles. The van der Waals surface area contributed by atoms with E-state index in [2.05, 4.69) is 55.6 Å². The molecule has 0 saturated heterocycles. The van der Waals surface area contributed by atoms with Crippen LogP contribution >= 0.6 is 0 Å². The van der Waals surface area contributed by atoms with Crippen LogP contribution in [0.3, 0.4) is 0 Å². The lowest BCUT2D eigenvalue weighted by Gasteiger charge is -2.04. The molecule has 0 atom stereocenters. The first kappa shape index (κ1) is 15.8. The zero-order valence-corrected chi connectivity index (χ0v) is 13.6. The molecule has 2 aromatic rings. The number of nitrogens with one attached hydrogen (secondary N) is 1. The van der Waals surface area contributed by atoms with Crippen molar-refractivity contribution < 1.29 is 0 Å². The topological polar surface area (TPSA) is 47.7 Å². The minimum atomic E-state index is 0.623. The van der Waals surface area contributed by atoms with E-state index in [1.165, 1.54) is 11.1 Å². The van der Waals surface area contributed by atoms with Crippen LogP contribution in [0.15, 0.2) is 24.8 Å². The molecule has 116 valence electrons. The van der Waals surface area contributed by atoms with Gasteiger partial charge in [-0.15, -0.1) is 0 Å². The fourth-order valence-electron chi connectivity index (χ4n) is 2.29. The average molecular weight is 289 g/mol. The highest BCUT2D eigenvalue weighted by Crippen LogP contribution is 2.04. The molecule has 0 aromatic carbocycles. The van der Waals surface area contributed by atoms with Crippen LogP contribution < -0.4 is 5.32 Å². The van der Waals surface area contributed by atoms with E-state index in [9.17, 15) is 0 Å². The van der Waals surface area contributed by atoms with Crippen molar-refractivity contribution in [3.05, 3.63) is 35.9 Å². The predicted octanol–water partition coefficient (Wildman–Crippen LogP) is 2.68. The van der Waals surface area contributed by atoms with Gasteiger partial charge in [-0.2, -0.15) is 10.2 Å². The Labute approximate surface area is 127 Å². The molecular formula is C16H27N5. The molecule has 0 spiro atoms. The highest BCUT2D eigenvalue weighted by Gasteiger charge is 2.03. The van der Waals surface area contributed by atoms with E-state index in [-0.39, 0.29) is 0 Å². The fraction of sp³-hybridized carbons (Fsp3) is 0.625. The van der Waals surface area contributed by atoms with Gasteiger partial charge in [0.05, 0.1) is 12.4 Å². The second-order valence-electron chi connectivity index (χ2n) is 6.53. The zero-order chi connectivity index (χ0) is 15.2. The monoisotopic (exact) mass is 289 g/mol. The van der Waals surface area contributed by atoms with Gasteiger partial charge >= 0.3 is 0 Å². The summed E-state index contributed by atoms with van der Waals surface area (Å²) in [7, 11) is 0. The van der Waals surface area contributed by atoms with Crippen molar-refractivity contribution in [2.45, 2.75) is 53.9 Å². The highest BCUT2D eigenvalue weighted by molar-refractivity contribution is 5.06. The van der Waals surface area contributed by atoms with Gasteiger partial charge in [0, 0.05) is 49.7 Å². The van der Waals surface area contributed by atoms with Crippen molar-refractivity contribution in [3.63, 3.8) is 0 Å². The Morgan fingerprint density at radius 3 is 1.67 bits per heavy atom. The van der Waals surface area contributed by atoms with Crippen LogP contribution in [0, 0.1) is 11.8 Å². The van der Waals surface area contributed by atoms with E-state index in [0.29, 0.717) is 11.8 Å². The fourth-order valence-corrected chi connectivity index (χ4v) is 2.29. The Bertz CT molecular complexity index is 490. The molecule has 5 heteroatoms. The number of aromatic nitrogens is 4. The zero-order valence-electron chi connectivity index (χ0n) is 13.6. The molecule has 21 heavy (non-hydrogen) atoms. The third-order valence-corrected chi connectivity index (χ3v) is 3.14. The summed E-state index contributed by atoms with van der Waals surface area (Å²) in [6.45, 7) is 12.4. The van der Waals surface area contributed by atoms with Gasteiger partial charge in [-0.1, -0.05) is 27.7 Å². The number of hydrogen-bond donors (Lipinski definition) is 1. The molecule has 2 rings (SSSR count). The van der Waals surface area contributed by atoms with Crippen LogP contribution in [-0.4, -0.2) is 19.6 Å². The summed E-state index contributed by atoms with van der Waals surface area (Å²) in [5.41, 5.74) is 2.45. The summed E-state index contributed by atoms with van der Waals surface area (Å²) in [5.74, 6) is 1.25. The molecule has 5 nitrogen and oxygen atoms in total. The highest BCUT2D eigenvalue weighted by atomic mass is 15.3. The van der Waals surface area contributed by atoms with Crippen LogP contribution in [0.4, 0.5) is 0 Å². The van der Waals surface area contributed by atoms with Crippen LogP contribution in [0.25, 0.3) is 0 Å². The van der Waals surface area contributed by atoms with Crippen molar-refractivity contribution in [2.75, 3.05) is 0 Å². The summed E-state index contributed by atoms with van der Waals surface area (Å²) in [6, 6.07) is 0. The Morgan fingerprint density at radius 1 is 0.857 bits per heavy atom. The molecule has 0 fully saturated rings. The summed E-state index contributed by atoms with van der Waals surface area (Å²) in [6.07, 6.45) is 8.12.